The number of carbonyl (C=O) groups excluding carboxylic acids is 1. The summed E-state index contributed by atoms with van der Waals surface area (Å²) in [5, 5.41) is 0.713. The van der Waals surface area contributed by atoms with E-state index in [0.717, 1.165) is 23.2 Å². The third-order valence-electron chi connectivity index (χ3n) is 5.16. The van der Waals surface area contributed by atoms with Gasteiger partial charge in [0.05, 0.1) is 17.4 Å². The number of nitrogens with one attached hydrogen (secondary N) is 1. The van der Waals surface area contributed by atoms with Crippen molar-refractivity contribution in [3.63, 3.8) is 0 Å². The number of aromatic nitrogens is 2. The van der Waals surface area contributed by atoms with Gasteiger partial charge in [0, 0.05) is 17.1 Å². The Bertz CT molecular complexity index is 936. The van der Waals surface area contributed by atoms with E-state index in [9.17, 15) is 4.79 Å². The molecule has 0 radical (unpaired) electrons. The highest BCUT2D eigenvalue weighted by atomic mass is 35.5. The zero-order valence-corrected chi connectivity index (χ0v) is 13.5. The second-order valence-electron chi connectivity index (χ2n) is 6.36. The fourth-order valence-electron chi connectivity index (χ4n) is 3.97. The molecule has 5 rings (SSSR count). The van der Waals surface area contributed by atoms with Crippen LogP contribution in [0.5, 0.6) is 0 Å². The largest absolute Gasteiger partial charge is 0.349 e. The maximum atomic E-state index is 13.3. The topological polar surface area (TPSA) is 49.0 Å². The molecule has 1 amide bonds. The second kappa shape index (κ2) is 4.71. The van der Waals surface area contributed by atoms with Crippen LogP contribution >= 0.6 is 11.6 Å². The fraction of sp³-hybridized carbons (Fsp3) is 0.158. The number of amides is 1. The molecule has 1 spiro atoms. The van der Waals surface area contributed by atoms with E-state index in [1.165, 1.54) is 0 Å². The van der Waals surface area contributed by atoms with E-state index in [2.05, 4.69) is 16.0 Å². The van der Waals surface area contributed by atoms with Crippen LogP contribution in [-0.2, 0) is 10.2 Å². The molecular formula is C19H14ClN3O. The van der Waals surface area contributed by atoms with Gasteiger partial charge in [0.1, 0.15) is 0 Å². The minimum absolute atomic E-state index is 0.107. The average Bonchev–Trinajstić information content (AvgIpc) is 3.02. The van der Waals surface area contributed by atoms with E-state index >= 15 is 0 Å². The molecule has 1 saturated carbocycles. The highest BCUT2D eigenvalue weighted by Gasteiger charge is 2.67. The number of hydrogen-bond donors (Lipinski definition) is 1. The van der Waals surface area contributed by atoms with Crippen LogP contribution in [0, 0.1) is 0 Å². The van der Waals surface area contributed by atoms with Gasteiger partial charge < -0.3 is 4.98 Å². The molecule has 1 aliphatic carbocycles. The number of H-pyrrole nitrogens is 1. The minimum Gasteiger partial charge on any atom is -0.349 e. The van der Waals surface area contributed by atoms with Crippen molar-refractivity contribution in [2.45, 2.75) is 17.8 Å². The van der Waals surface area contributed by atoms with Crippen molar-refractivity contribution in [2.24, 2.45) is 0 Å². The Morgan fingerprint density at radius 3 is 2.71 bits per heavy atom. The summed E-state index contributed by atoms with van der Waals surface area (Å²) in [5.41, 5.74) is 2.72. The Labute approximate surface area is 144 Å². The predicted octanol–water partition coefficient (Wildman–Crippen LogP) is 4.17. The molecule has 2 aliphatic rings. The summed E-state index contributed by atoms with van der Waals surface area (Å²) < 4.78 is 0. The van der Waals surface area contributed by atoms with Crippen LogP contribution in [0.2, 0.25) is 5.02 Å². The summed E-state index contributed by atoms with van der Waals surface area (Å²) in [4.78, 5) is 22.3. The first-order valence-corrected chi connectivity index (χ1v) is 8.28. The number of aromatic amines is 1. The molecule has 1 fully saturated rings. The molecule has 0 bridgehead atoms. The number of para-hydroxylation sites is 1. The van der Waals surface area contributed by atoms with E-state index in [1.807, 2.05) is 42.5 Å². The molecule has 2 aromatic carbocycles. The maximum Gasteiger partial charge on any atom is 0.244 e. The number of halogens is 1. The number of anilines is 2. The molecule has 1 aliphatic heterocycles. The Morgan fingerprint density at radius 2 is 1.96 bits per heavy atom. The molecule has 118 valence electrons. The van der Waals surface area contributed by atoms with E-state index in [-0.39, 0.29) is 11.8 Å². The molecule has 3 aromatic rings. The van der Waals surface area contributed by atoms with Crippen LogP contribution in [-0.4, -0.2) is 15.9 Å². The van der Waals surface area contributed by atoms with Gasteiger partial charge in [-0.3, -0.25) is 9.69 Å². The summed E-state index contributed by atoms with van der Waals surface area (Å²) in [5.74, 6) is 0.939. The van der Waals surface area contributed by atoms with Crippen LogP contribution in [0.15, 0.2) is 61.1 Å². The van der Waals surface area contributed by atoms with Crippen LogP contribution < -0.4 is 4.90 Å². The Morgan fingerprint density at radius 1 is 1.17 bits per heavy atom. The first-order valence-electron chi connectivity index (χ1n) is 7.90. The number of rotatable bonds is 2. The van der Waals surface area contributed by atoms with Crippen molar-refractivity contribution in [3.05, 3.63) is 77.2 Å². The van der Waals surface area contributed by atoms with Gasteiger partial charge in [-0.1, -0.05) is 41.9 Å². The number of imidazole rings is 1. The van der Waals surface area contributed by atoms with Crippen LogP contribution in [0.1, 0.15) is 23.5 Å². The van der Waals surface area contributed by atoms with E-state index in [1.54, 1.807) is 17.4 Å². The summed E-state index contributed by atoms with van der Waals surface area (Å²) in [7, 11) is 0. The van der Waals surface area contributed by atoms with Gasteiger partial charge in [-0.05, 0) is 35.7 Å². The SMILES string of the molecule is O=C1N(c2c[nH]cn2)c2ccccc2[C@@]12C[C@@H]2c1ccc(Cl)cc1. The summed E-state index contributed by atoms with van der Waals surface area (Å²) in [6.07, 6.45) is 4.18. The molecule has 5 heteroatoms. The molecule has 1 aromatic heterocycles. The third-order valence-corrected chi connectivity index (χ3v) is 5.41. The molecule has 1 N–H and O–H groups in total. The van der Waals surface area contributed by atoms with E-state index in [0.29, 0.717) is 10.8 Å². The zero-order chi connectivity index (χ0) is 16.3. The lowest BCUT2D eigenvalue weighted by molar-refractivity contribution is -0.119. The second-order valence-corrected chi connectivity index (χ2v) is 6.80. The predicted molar refractivity (Wildman–Crippen MR) is 92.7 cm³/mol. The van der Waals surface area contributed by atoms with Crippen LogP contribution in [0.25, 0.3) is 0 Å². The van der Waals surface area contributed by atoms with E-state index < -0.39 is 5.41 Å². The van der Waals surface area contributed by atoms with Crippen molar-refractivity contribution in [3.8, 4) is 0 Å². The third kappa shape index (κ3) is 1.69. The Balaban J connectivity index is 1.63. The number of fused-ring (bicyclic) bond motifs is 2. The lowest BCUT2D eigenvalue weighted by Crippen LogP contribution is -2.29. The van der Waals surface area contributed by atoms with Crippen LogP contribution in [0.4, 0.5) is 11.5 Å². The quantitative estimate of drug-likeness (QED) is 0.764. The molecule has 0 unspecified atom stereocenters. The number of carbonyl (C=O) groups is 1. The Kier molecular flexibility index (Phi) is 2.71. The summed E-state index contributed by atoms with van der Waals surface area (Å²) in [6.45, 7) is 0. The first kappa shape index (κ1) is 13.8. The highest BCUT2D eigenvalue weighted by molar-refractivity contribution is 6.30. The van der Waals surface area contributed by atoms with Crippen LogP contribution in [0.3, 0.4) is 0 Å². The minimum atomic E-state index is -0.469. The first-order chi connectivity index (χ1) is 11.7. The normalized spacial score (nSPS) is 24.5. The molecular weight excluding hydrogens is 322 g/mol. The smallest absolute Gasteiger partial charge is 0.244 e. The molecule has 2 heterocycles. The molecule has 4 nitrogen and oxygen atoms in total. The molecule has 24 heavy (non-hydrogen) atoms. The van der Waals surface area contributed by atoms with Gasteiger partial charge in [-0.25, -0.2) is 4.98 Å². The number of hydrogen-bond acceptors (Lipinski definition) is 2. The van der Waals surface area contributed by atoms with E-state index in [4.69, 9.17) is 11.6 Å². The molecule has 0 saturated heterocycles. The van der Waals surface area contributed by atoms with Crippen molar-refractivity contribution in [1.82, 2.24) is 9.97 Å². The van der Waals surface area contributed by atoms with Gasteiger partial charge in [-0.15, -0.1) is 0 Å². The van der Waals surface area contributed by atoms with Crippen molar-refractivity contribution >= 4 is 29.0 Å². The standard InChI is InChI=1S/C19H14ClN3O/c20-13-7-5-12(6-8-13)15-9-19(15)14-3-1-2-4-16(14)23(18(19)24)17-10-21-11-22-17/h1-8,10-11,15H,9H2,(H,21,22)/t15-,19-/m1/s1. The van der Waals surface area contributed by atoms with Crippen molar-refractivity contribution in [2.75, 3.05) is 4.90 Å². The lowest BCUT2D eigenvalue weighted by Gasteiger charge is -2.15. The molecule has 2 atom stereocenters. The summed E-state index contributed by atoms with van der Waals surface area (Å²) in [6, 6.07) is 15.8. The van der Waals surface area contributed by atoms with Gasteiger partial charge >= 0.3 is 0 Å². The average molecular weight is 336 g/mol. The lowest BCUT2D eigenvalue weighted by atomic mass is 9.92. The Hall–Kier alpha value is -2.59. The number of nitrogens with zero attached hydrogens (tertiary/aromatic N) is 2. The number of benzene rings is 2. The zero-order valence-electron chi connectivity index (χ0n) is 12.7. The van der Waals surface area contributed by atoms with Gasteiger partial charge in [-0.2, -0.15) is 0 Å². The fourth-order valence-corrected chi connectivity index (χ4v) is 4.09. The van der Waals surface area contributed by atoms with Crippen molar-refractivity contribution < 1.29 is 4.79 Å². The maximum absolute atomic E-state index is 13.3. The monoisotopic (exact) mass is 335 g/mol. The van der Waals surface area contributed by atoms with Gasteiger partial charge in [0.2, 0.25) is 5.91 Å². The van der Waals surface area contributed by atoms with Crippen molar-refractivity contribution in [1.29, 1.82) is 0 Å². The van der Waals surface area contributed by atoms with Gasteiger partial charge in [0.15, 0.2) is 5.82 Å². The van der Waals surface area contributed by atoms with Gasteiger partial charge in [0.25, 0.3) is 0 Å². The summed E-state index contributed by atoms with van der Waals surface area (Å²) >= 11 is 6.00. The highest BCUT2D eigenvalue weighted by Crippen LogP contribution is 2.67.